The molecular weight excluding hydrogens is 372 g/mol. The summed E-state index contributed by atoms with van der Waals surface area (Å²) in [6, 6.07) is 13.1. The average Bonchev–Trinajstić information content (AvgIpc) is 3.35. The number of hydrogen-bond acceptors (Lipinski definition) is 6. The average molecular weight is 386 g/mol. The van der Waals surface area contributed by atoms with Crippen molar-refractivity contribution in [2.75, 3.05) is 5.32 Å². The molecule has 0 aliphatic carbocycles. The van der Waals surface area contributed by atoms with E-state index in [2.05, 4.69) is 24.0 Å². The summed E-state index contributed by atoms with van der Waals surface area (Å²) in [4.78, 5) is 21.5. The van der Waals surface area contributed by atoms with Crippen molar-refractivity contribution in [2.24, 2.45) is 0 Å². The normalized spacial score (nSPS) is 11.2. The Morgan fingerprint density at radius 2 is 2.00 bits per heavy atom. The van der Waals surface area contributed by atoms with Gasteiger partial charge in [0.15, 0.2) is 0 Å². The zero-order valence-electron chi connectivity index (χ0n) is 14.8. The summed E-state index contributed by atoms with van der Waals surface area (Å²) in [6.45, 7) is 1.96. The van der Waals surface area contributed by atoms with Gasteiger partial charge in [0.25, 0.3) is 5.91 Å². The number of nitrogens with zero attached hydrogens (tertiary/aromatic N) is 5. The lowest BCUT2D eigenvalue weighted by molar-refractivity contribution is 0.102. The molecule has 0 fully saturated rings. The summed E-state index contributed by atoms with van der Waals surface area (Å²) in [7, 11) is 0. The van der Waals surface area contributed by atoms with E-state index >= 15 is 0 Å². The molecule has 1 amide bonds. The van der Waals surface area contributed by atoms with Gasteiger partial charge >= 0.3 is 0 Å². The van der Waals surface area contributed by atoms with Crippen LogP contribution in [0.3, 0.4) is 0 Å². The van der Waals surface area contributed by atoms with Crippen LogP contribution in [0.15, 0.2) is 61.1 Å². The Bertz CT molecular complexity index is 1310. The minimum atomic E-state index is -0.188. The van der Waals surface area contributed by atoms with E-state index in [1.54, 1.807) is 24.4 Å². The van der Waals surface area contributed by atoms with E-state index in [0.29, 0.717) is 11.3 Å². The molecule has 28 heavy (non-hydrogen) atoms. The highest BCUT2D eigenvalue weighted by molar-refractivity contribution is 7.00. The molecule has 3 aromatic heterocycles. The van der Waals surface area contributed by atoms with E-state index in [0.717, 1.165) is 45.3 Å². The molecule has 8 heteroatoms. The van der Waals surface area contributed by atoms with Crippen LogP contribution in [0, 0.1) is 6.92 Å². The van der Waals surface area contributed by atoms with Gasteiger partial charge in [0, 0.05) is 35.4 Å². The predicted octanol–water partition coefficient (Wildman–Crippen LogP) is 3.96. The lowest BCUT2D eigenvalue weighted by Gasteiger charge is -2.10. The molecule has 0 radical (unpaired) electrons. The van der Waals surface area contributed by atoms with Crippen molar-refractivity contribution in [1.82, 2.24) is 23.1 Å². The minimum Gasteiger partial charge on any atom is -0.322 e. The molecule has 5 aromatic rings. The quantitative estimate of drug-likeness (QED) is 0.507. The molecule has 0 saturated carbocycles. The molecule has 1 N–H and O–H groups in total. The van der Waals surface area contributed by atoms with Crippen LogP contribution in [0.2, 0.25) is 0 Å². The number of fused-ring (bicyclic) bond motifs is 2. The number of anilines is 1. The lowest BCUT2D eigenvalue weighted by atomic mass is 10.1. The fourth-order valence-electron chi connectivity index (χ4n) is 3.00. The number of hydrogen-bond donors (Lipinski definition) is 1. The van der Waals surface area contributed by atoms with E-state index in [1.165, 1.54) is 0 Å². The first-order valence-electron chi connectivity index (χ1n) is 8.62. The second-order valence-electron chi connectivity index (χ2n) is 6.40. The maximum absolute atomic E-state index is 12.7. The van der Waals surface area contributed by atoms with Gasteiger partial charge in [0.2, 0.25) is 5.78 Å². The zero-order chi connectivity index (χ0) is 19.1. The van der Waals surface area contributed by atoms with Crippen molar-refractivity contribution < 1.29 is 4.79 Å². The second-order valence-corrected chi connectivity index (χ2v) is 6.93. The second kappa shape index (κ2) is 6.50. The van der Waals surface area contributed by atoms with Gasteiger partial charge in [0.05, 0.1) is 17.4 Å². The van der Waals surface area contributed by atoms with Gasteiger partial charge in [-0.25, -0.2) is 9.97 Å². The smallest absolute Gasteiger partial charge is 0.255 e. The Labute approximate surface area is 164 Å². The molecule has 0 aliphatic rings. The first kappa shape index (κ1) is 16.5. The molecule has 0 aliphatic heterocycles. The van der Waals surface area contributed by atoms with Gasteiger partial charge in [-0.2, -0.15) is 8.75 Å². The van der Waals surface area contributed by atoms with Gasteiger partial charge in [-0.1, -0.05) is 12.1 Å². The van der Waals surface area contributed by atoms with Crippen LogP contribution in [-0.4, -0.2) is 29.0 Å². The molecule has 7 nitrogen and oxygen atoms in total. The molecule has 3 heterocycles. The summed E-state index contributed by atoms with van der Waals surface area (Å²) in [5.41, 5.74) is 5.47. The molecule has 0 saturated heterocycles. The third-order valence-corrected chi connectivity index (χ3v) is 5.09. The van der Waals surface area contributed by atoms with Gasteiger partial charge in [0.1, 0.15) is 11.0 Å². The number of carbonyl (C=O) groups is 1. The van der Waals surface area contributed by atoms with Crippen LogP contribution in [-0.2, 0) is 0 Å². The van der Waals surface area contributed by atoms with E-state index in [1.807, 2.05) is 48.0 Å². The van der Waals surface area contributed by atoms with Gasteiger partial charge in [-0.05, 0) is 42.8 Å². The molecule has 2 aromatic carbocycles. The van der Waals surface area contributed by atoms with Gasteiger partial charge in [-0.15, -0.1) is 0 Å². The van der Waals surface area contributed by atoms with Crippen LogP contribution < -0.4 is 5.32 Å². The number of aromatic nitrogens is 5. The van der Waals surface area contributed by atoms with Crippen LogP contribution in [0.25, 0.3) is 28.1 Å². The number of aryl methyl sites for hydroxylation is 1. The molecule has 136 valence electrons. The van der Waals surface area contributed by atoms with E-state index in [9.17, 15) is 4.79 Å². The Morgan fingerprint density at radius 1 is 1.11 bits per heavy atom. The van der Waals surface area contributed by atoms with Crippen molar-refractivity contribution in [3.8, 4) is 11.3 Å². The largest absolute Gasteiger partial charge is 0.322 e. The first-order chi connectivity index (χ1) is 13.7. The van der Waals surface area contributed by atoms with E-state index < -0.39 is 0 Å². The fraction of sp³-hybridized carbons (Fsp3) is 0.0500. The summed E-state index contributed by atoms with van der Waals surface area (Å²) in [6.07, 6.45) is 5.53. The Hall–Kier alpha value is -3.65. The first-order valence-corrected chi connectivity index (χ1v) is 9.35. The number of carbonyl (C=O) groups excluding carboxylic acids is 1. The maximum atomic E-state index is 12.7. The highest BCUT2D eigenvalue weighted by atomic mass is 32.1. The van der Waals surface area contributed by atoms with Crippen LogP contribution in [0.5, 0.6) is 0 Å². The summed E-state index contributed by atoms with van der Waals surface area (Å²) in [5.74, 6) is 0.445. The Morgan fingerprint density at radius 3 is 2.89 bits per heavy atom. The molecule has 0 spiro atoms. The molecule has 5 rings (SSSR count). The van der Waals surface area contributed by atoms with Crippen molar-refractivity contribution >= 4 is 40.1 Å². The number of imidazole rings is 1. The van der Waals surface area contributed by atoms with Crippen LogP contribution >= 0.6 is 11.7 Å². The van der Waals surface area contributed by atoms with Crippen molar-refractivity contribution in [3.05, 3.63) is 72.2 Å². The van der Waals surface area contributed by atoms with Gasteiger partial charge in [-0.3, -0.25) is 9.20 Å². The fourth-order valence-corrected chi connectivity index (χ4v) is 3.52. The third kappa shape index (κ3) is 2.89. The van der Waals surface area contributed by atoms with Crippen molar-refractivity contribution in [1.29, 1.82) is 0 Å². The van der Waals surface area contributed by atoms with Crippen LogP contribution in [0.4, 0.5) is 5.69 Å². The zero-order valence-corrected chi connectivity index (χ0v) is 15.6. The SMILES string of the molecule is Cc1ccc(-c2cn3cccnc3n2)cc1NC(=O)c1ccc2nsnc2c1. The van der Waals surface area contributed by atoms with Crippen molar-refractivity contribution in [2.45, 2.75) is 6.92 Å². The number of nitrogens with one attached hydrogen (secondary N) is 1. The van der Waals surface area contributed by atoms with E-state index in [-0.39, 0.29) is 5.91 Å². The standard InChI is InChI=1S/C20H14N6OS/c1-12-3-4-13(18-11-26-8-2-7-21-20(26)23-18)9-16(12)22-19(27)14-5-6-15-17(10-14)25-28-24-15/h2-11H,1H3,(H,22,27). The summed E-state index contributed by atoms with van der Waals surface area (Å²) < 4.78 is 10.2. The molecular formula is C20H14N6OS. The maximum Gasteiger partial charge on any atom is 0.255 e. The summed E-state index contributed by atoms with van der Waals surface area (Å²) in [5, 5.41) is 2.99. The highest BCUT2D eigenvalue weighted by Gasteiger charge is 2.12. The van der Waals surface area contributed by atoms with E-state index in [4.69, 9.17) is 0 Å². The highest BCUT2D eigenvalue weighted by Crippen LogP contribution is 2.25. The number of rotatable bonds is 3. The minimum absolute atomic E-state index is 0.188. The number of benzene rings is 2. The number of amides is 1. The predicted molar refractivity (Wildman–Crippen MR) is 109 cm³/mol. The van der Waals surface area contributed by atoms with Crippen molar-refractivity contribution in [3.63, 3.8) is 0 Å². The molecule has 0 bridgehead atoms. The van der Waals surface area contributed by atoms with Crippen LogP contribution in [0.1, 0.15) is 15.9 Å². The topological polar surface area (TPSA) is 85.1 Å². The van der Waals surface area contributed by atoms with Gasteiger partial charge < -0.3 is 5.32 Å². The molecule has 0 unspecified atom stereocenters. The molecule has 0 atom stereocenters. The lowest BCUT2D eigenvalue weighted by Crippen LogP contribution is -2.12. The third-order valence-electron chi connectivity index (χ3n) is 4.53. The summed E-state index contributed by atoms with van der Waals surface area (Å²) >= 11 is 1.14. The Balaban J connectivity index is 1.47. The Kier molecular flexibility index (Phi) is 3.84. The monoisotopic (exact) mass is 386 g/mol.